The van der Waals surface area contributed by atoms with Crippen LogP contribution in [0.3, 0.4) is 0 Å². The standard InChI is InChI=1S/C15H11BrN2O.ClH/c16-12-9-17-15(11-6-2-1-5-10(11)12)18-13-7-3-4-8-14(13)19;/h1-9,19H,(H,17,18);1H. The van der Waals surface area contributed by atoms with Gasteiger partial charge in [0, 0.05) is 21.4 Å². The number of benzene rings is 2. The highest BCUT2D eigenvalue weighted by Crippen LogP contribution is 2.31. The van der Waals surface area contributed by atoms with Crippen molar-refractivity contribution < 1.29 is 5.11 Å². The van der Waals surface area contributed by atoms with E-state index in [0.717, 1.165) is 21.1 Å². The number of aromatic nitrogens is 1. The number of hydrogen-bond donors (Lipinski definition) is 2. The molecule has 0 fully saturated rings. The molecule has 0 unspecified atom stereocenters. The quantitative estimate of drug-likeness (QED) is 0.648. The number of hydrogen-bond acceptors (Lipinski definition) is 3. The number of para-hydroxylation sites is 2. The highest BCUT2D eigenvalue weighted by atomic mass is 79.9. The van der Waals surface area contributed by atoms with Crippen molar-refractivity contribution in [2.75, 3.05) is 5.32 Å². The van der Waals surface area contributed by atoms with Gasteiger partial charge in [-0.1, -0.05) is 36.4 Å². The van der Waals surface area contributed by atoms with Gasteiger partial charge in [0.05, 0.1) is 5.69 Å². The van der Waals surface area contributed by atoms with Crippen LogP contribution in [0.2, 0.25) is 0 Å². The Bertz CT molecular complexity index is 749. The van der Waals surface area contributed by atoms with E-state index in [9.17, 15) is 5.11 Å². The summed E-state index contributed by atoms with van der Waals surface area (Å²) in [5.41, 5.74) is 0.641. The van der Waals surface area contributed by atoms with Crippen molar-refractivity contribution in [2.45, 2.75) is 0 Å². The van der Waals surface area contributed by atoms with E-state index in [2.05, 4.69) is 26.2 Å². The first-order valence-corrected chi connectivity index (χ1v) is 6.63. The smallest absolute Gasteiger partial charge is 0.139 e. The largest absolute Gasteiger partial charge is 0.506 e. The SMILES string of the molecule is Cl.Oc1ccccc1Nc1ncc(Br)c2ccccc12. The van der Waals surface area contributed by atoms with Crippen molar-refractivity contribution in [3.63, 3.8) is 0 Å². The van der Waals surface area contributed by atoms with Crippen LogP contribution in [0.15, 0.2) is 59.2 Å². The molecule has 1 aromatic heterocycles. The summed E-state index contributed by atoms with van der Waals surface area (Å²) in [5.74, 6) is 0.927. The first-order valence-electron chi connectivity index (χ1n) is 5.84. The lowest BCUT2D eigenvalue weighted by Gasteiger charge is -2.10. The summed E-state index contributed by atoms with van der Waals surface area (Å²) in [6.45, 7) is 0. The van der Waals surface area contributed by atoms with Crippen molar-refractivity contribution in [1.29, 1.82) is 0 Å². The van der Waals surface area contributed by atoms with Gasteiger partial charge in [0.25, 0.3) is 0 Å². The van der Waals surface area contributed by atoms with E-state index in [-0.39, 0.29) is 18.2 Å². The Morgan fingerprint density at radius 3 is 2.35 bits per heavy atom. The molecule has 0 radical (unpaired) electrons. The van der Waals surface area contributed by atoms with Gasteiger partial charge in [-0.25, -0.2) is 4.98 Å². The number of rotatable bonds is 2. The topological polar surface area (TPSA) is 45.1 Å². The van der Waals surface area contributed by atoms with E-state index >= 15 is 0 Å². The molecule has 3 aromatic rings. The first-order chi connectivity index (χ1) is 9.25. The zero-order valence-electron chi connectivity index (χ0n) is 10.4. The Hall–Kier alpha value is -1.78. The molecular weight excluding hydrogens is 340 g/mol. The van der Waals surface area contributed by atoms with Crippen LogP contribution >= 0.6 is 28.3 Å². The Labute approximate surface area is 131 Å². The van der Waals surface area contributed by atoms with Gasteiger partial charge in [-0.2, -0.15) is 0 Å². The maximum Gasteiger partial charge on any atom is 0.139 e. The van der Waals surface area contributed by atoms with Crippen LogP contribution in [0.5, 0.6) is 5.75 Å². The van der Waals surface area contributed by atoms with Gasteiger partial charge in [0.1, 0.15) is 11.6 Å². The second-order valence-corrected chi connectivity index (χ2v) is 5.00. The van der Waals surface area contributed by atoms with Crippen molar-refractivity contribution >= 4 is 50.6 Å². The Kier molecular flexibility index (Phi) is 4.47. The van der Waals surface area contributed by atoms with Crippen molar-refractivity contribution in [1.82, 2.24) is 4.98 Å². The third kappa shape index (κ3) is 2.71. The minimum atomic E-state index is 0. The second kappa shape index (κ2) is 6.11. The number of fused-ring (bicyclic) bond motifs is 1. The normalized spacial score (nSPS) is 10.1. The predicted octanol–water partition coefficient (Wildman–Crippen LogP) is 4.87. The fraction of sp³-hybridized carbons (Fsp3) is 0. The van der Waals surface area contributed by atoms with Gasteiger partial charge in [-0.3, -0.25) is 0 Å². The molecule has 0 saturated carbocycles. The lowest BCUT2D eigenvalue weighted by atomic mass is 10.1. The van der Waals surface area contributed by atoms with Crippen molar-refractivity contribution in [3.05, 3.63) is 59.2 Å². The molecule has 0 saturated heterocycles. The highest BCUT2D eigenvalue weighted by Gasteiger charge is 2.07. The van der Waals surface area contributed by atoms with Crippen LogP contribution in [0.4, 0.5) is 11.5 Å². The molecule has 0 atom stereocenters. The fourth-order valence-electron chi connectivity index (χ4n) is 1.96. The molecule has 2 N–H and O–H groups in total. The van der Waals surface area contributed by atoms with Crippen molar-refractivity contribution in [3.8, 4) is 5.75 Å². The lowest BCUT2D eigenvalue weighted by molar-refractivity contribution is 0.478. The van der Waals surface area contributed by atoms with Gasteiger partial charge < -0.3 is 10.4 Å². The zero-order valence-corrected chi connectivity index (χ0v) is 12.8. The summed E-state index contributed by atoms with van der Waals surface area (Å²) in [5, 5.41) is 15.0. The van der Waals surface area contributed by atoms with Gasteiger partial charge in [0.2, 0.25) is 0 Å². The third-order valence-electron chi connectivity index (χ3n) is 2.90. The number of phenols is 1. The number of nitrogens with one attached hydrogen (secondary N) is 1. The maximum absolute atomic E-state index is 9.80. The number of anilines is 2. The number of pyridine rings is 1. The van der Waals surface area contributed by atoms with Crippen LogP contribution in [0, 0.1) is 0 Å². The van der Waals surface area contributed by atoms with E-state index in [1.165, 1.54) is 0 Å². The maximum atomic E-state index is 9.80. The second-order valence-electron chi connectivity index (χ2n) is 4.14. The summed E-state index contributed by atoms with van der Waals surface area (Å²) in [4.78, 5) is 4.37. The van der Waals surface area contributed by atoms with E-state index in [1.54, 1.807) is 18.3 Å². The van der Waals surface area contributed by atoms with E-state index in [1.807, 2.05) is 36.4 Å². The summed E-state index contributed by atoms with van der Waals surface area (Å²) < 4.78 is 0.950. The number of halogens is 2. The Morgan fingerprint density at radius 2 is 1.60 bits per heavy atom. The van der Waals surface area contributed by atoms with Crippen LogP contribution < -0.4 is 5.32 Å². The summed E-state index contributed by atoms with van der Waals surface area (Å²) in [6, 6.07) is 15.1. The molecule has 0 spiro atoms. The minimum absolute atomic E-state index is 0. The molecule has 3 rings (SSSR count). The summed E-state index contributed by atoms with van der Waals surface area (Å²) in [7, 11) is 0. The fourth-order valence-corrected chi connectivity index (χ4v) is 2.41. The molecular formula is C15H12BrClN2O. The molecule has 2 aromatic carbocycles. The minimum Gasteiger partial charge on any atom is -0.506 e. The highest BCUT2D eigenvalue weighted by molar-refractivity contribution is 9.10. The average Bonchev–Trinajstić information content (AvgIpc) is 2.44. The van der Waals surface area contributed by atoms with Crippen LogP contribution in [0.25, 0.3) is 10.8 Å². The lowest BCUT2D eigenvalue weighted by Crippen LogP contribution is -1.95. The zero-order chi connectivity index (χ0) is 13.2. The predicted molar refractivity (Wildman–Crippen MR) is 88.1 cm³/mol. The Balaban J connectivity index is 0.00000147. The van der Waals surface area contributed by atoms with Crippen molar-refractivity contribution in [2.24, 2.45) is 0 Å². The monoisotopic (exact) mass is 350 g/mol. The van der Waals surface area contributed by atoms with Gasteiger partial charge in [-0.05, 0) is 28.1 Å². The molecule has 0 aliphatic carbocycles. The molecule has 1 heterocycles. The van der Waals surface area contributed by atoms with Gasteiger partial charge in [-0.15, -0.1) is 12.4 Å². The van der Waals surface area contributed by atoms with E-state index in [4.69, 9.17) is 0 Å². The van der Waals surface area contributed by atoms with Crippen LogP contribution in [0.1, 0.15) is 0 Å². The molecule has 0 aliphatic rings. The Morgan fingerprint density at radius 1 is 0.950 bits per heavy atom. The van der Waals surface area contributed by atoms with E-state index in [0.29, 0.717) is 5.69 Å². The molecule has 5 heteroatoms. The molecule has 0 aliphatic heterocycles. The molecule has 0 bridgehead atoms. The molecule has 20 heavy (non-hydrogen) atoms. The average molecular weight is 352 g/mol. The third-order valence-corrected chi connectivity index (χ3v) is 3.54. The van der Waals surface area contributed by atoms with E-state index < -0.39 is 0 Å². The molecule has 0 amide bonds. The summed E-state index contributed by atoms with van der Waals surface area (Å²) >= 11 is 3.49. The van der Waals surface area contributed by atoms with Gasteiger partial charge >= 0.3 is 0 Å². The van der Waals surface area contributed by atoms with Crippen LogP contribution in [-0.4, -0.2) is 10.1 Å². The molecule has 102 valence electrons. The molecule has 3 nitrogen and oxygen atoms in total. The number of aromatic hydroxyl groups is 1. The number of phenolic OH excluding ortho intramolecular Hbond substituents is 1. The van der Waals surface area contributed by atoms with Crippen LogP contribution in [-0.2, 0) is 0 Å². The number of nitrogens with zero attached hydrogens (tertiary/aromatic N) is 1. The summed E-state index contributed by atoms with van der Waals surface area (Å²) in [6.07, 6.45) is 1.75. The first kappa shape index (κ1) is 14.6. The van der Waals surface area contributed by atoms with Gasteiger partial charge in [0.15, 0.2) is 0 Å².